The number of benzene rings is 2. The number of aromatic nitrogens is 2. The molecule has 1 saturated heterocycles. The fraction of sp³-hybridized carbons (Fsp3) is 0.537. The number of anilines is 1. The van der Waals surface area contributed by atoms with Gasteiger partial charge in [-0.15, -0.1) is 0 Å². The number of methoxy groups -OCH3 is 2. The minimum absolute atomic E-state index is 0.0126. The molecule has 9 N–H and O–H groups in total. The van der Waals surface area contributed by atoms with E-state index in [0.717, 1.165) is 13.4 Å². The van der Waals surface area contributed by atoms with Crippen LogP contribution in [0.25, 0.3) is 0 Å². The van der Waals surface area contributed by atoms with E-state index in [4.69, 9.17) is 19.9 Å². The van der Waals surface area contributed by atoms with Crippen LogP contribution in [-0.2, 0) is 96.7 Å². The number of nitrogens with zero attached hydrogens (tertiary/aromatic N) is 6. The third-order valence-electron chi connectivity index (χ3n) is 20.4. The molecule has 5 rings (SSSR count). The summed E-state index contributed by atoms with van der Waals surface area (Å²) in [6, 6.07) is 13.1. The van der Waals surface area contributed by atoms with Gasteiger partial charge in [0, 0.05) is 85.6 Å². The van der Waals surface area contributed by atoms with E-state index in [-0.39, 0.29) is 95.6 Å². The number of carbonyl (C=O) groups excluding carboxylic acids is 13. The van der Waals surface area contributed by atoms with Crippen LogP contribution in [-0.4, -0.2) is 234 Å². The van der Waals surface area contributed by atoms with Crippen LogP contribution in [0.1, 0.15) is 125 Å². The Balaban J connectivity index is 1.27. The van der Waals surface area contributed by atoms with E-state index in [1.54, 1.807) is 94.6 Å². The van der Waals surface area contributed by atoms with Gasteiger partial charge in [-0.3, -0.25) is 14.4 Å². The van der Waals surface area contributed by atoms with Crippen LogP contribution in [0, 0.1) is 29.6 Å². The van der Waals surface area contributed by atoms with Gasteiger partial charge in [0.25, 0.3) is 0 Å². The molecule has 612 valence electrons. The molecule has 113 heavy (non-hydrogen) atoms. The van der Waals surface area contributed by atoms with Crippen LogP contribution >= 0.6 is 0 Å². The van der Waals surface area contributed by atoms with Gasteiger partial charge in [0.05, 0.1) is 48.5 Å². The molecule has 0 aliphatic carbocycles. The Morgan fingerprint density at radius 2 is 1.23 bits per heavy atom. The SMILES string of the molecule is CC[C@H](C)[C@@H]([C@@H](CC(=C=O)N1CCC[C@H]1[C@H](OC)[C@H](C)C(=C=O)N[C@H](C)[C@@H](O)c1ccccc1)OC)N(C)C(=C=O)[C@@H](NC(=C=O)[C@H](C(C)C)N(C)C(=O)OCc1ccc(NC(=O)[C@H](CCCNC(N)=O)NC(=O)[C@@H](NC(=O)CS(=O)(=O)N(CCn2c(=C=O)ccc2=C=O)CCn2c(=C=O)ccc2=C=O)C(C)C)cc1)C(C)C. The van der Waals surface area contributed by atoms with Crippen LogP contribution in [0.15, 0.2) is 102 Å². The van der Waals surface area contributed by atoms with Gasteiger partial charge in [0.2, 0.25) is 27.7 Å². The number of aliphatic hydroxyl groups is 1. The molecule has 2 aromatic carbocycles. The highest BCUT2D eigenvalue weighted by Crippen LogP contribution is 2.35. The first kappa shape index (κ1) is 92.7. The molecule has 0 radical (unpaired) electrons. The number of rotatable bonds is 45. The average Bonchev–Trinajstić information content (AvgIpc) is 1.77. The van der Waals surface area contributed by atoms with Crippen molar-refractivity contribution in [3.63, 3.8) is 0 Å². The zero-order valence-corrected chi connectivity index (χ0v) is 67.3. The molecule has 0 spiro atoms. The van der Waals surface area contributed by atoms with Crippen molar-refractivity contribution in [3.8, 4) is 0 Å². The molecule has 33 heteroatoms. The Hall–Kier alpha value is -10.9. The van der Waals surface area contributed by atoms with Crippen molar-refractivity contribution < 1.29 is 90.1 Å². The van der Waals surface area contributed by atoms with Gasteiger partial charge in [-0.05, 0) is 104 Å². The zero-order chi connectivity index (χ0) is 84.0. The summed E-state index contributed by atoms with van der Waals surface area (Å²) in [6.45, 7) is 16.6. The highest BCUT2D eigenvalue weighted by molar-refractivity contribution is 7.89. The second-order valence-corrected chi connectivity index (χ2v) is 30.9. The summed E-state index contributed by atoms with van der Waals surface area (Å²) in [5, 5.41) is 27.4. The number of sulfonamides is 1. The van der Waals surface area contributed by atoms with Gasteiger partial charge in [-0.25, -0.2) is 56.4 Å². The lowest BCUT2D eigenvalue weighted by Gasteiger charge is -2.43. The predicted molar refractivity (Wildman–Crippen MR) is 418 cm³/mol. The van der Waals surface area contributed by atoms with E-state index < -0.39 is 143 Å². The molecule has 2 aromatic heterocycles. The van der Waals surface area contributed by atoms with Gasteiger partial charge in [0.1, 0.15) is 92.4 Å². The Morgan fingerprint density at radius 1 is 0.664 bits per heavy atom. The second kappa shape index (κ2) is 44.9. The molecule has 0 bridgehead atoms. The van der Waals surface area contributed by atoms with Gasteiger partial charge in [-0.2, -0.15) is 4.31 Å². The molecule has 4 aromatic rings. The second-order valence-electron chi connectivity index (χ2n) is 29.0. The first-order chi connectivity index (χ1) is 53.8. The largest absolute Gasteiger partial charge is 0.445 e. The molecule has 1 aliphatic heterocycles. The molecule has 32 nitrogen and oxygen atoms in total. The van der Waals surface area contributed by atoms with Crippen LogP contribution < -0.4 is 59.0 Å². The van der Waals surface area contributed by atoms with Crippen molar-refractivity contribution in [2.24, 2.45) is 35.3 Å². The Labute approximate surface area is 657 Å². The van der Waals surface area contributed by atoms with Crippen molar-refractivity contribution in [2.75, 3.05) is 65.6 Å². The molecule has 6 amide bonds. The van der Waals surface area contributed by atoms with E-state index in [0.29, 0.717) is 42.6 Å². The quantitative estimate of drug-likeness (QED) is 0.0213. The lowest BCUT2D eigenvalue weighted by atomic mass is 9.88. The van der Waals surface area contributed by atoms with E-state index >= 15 is 0 Å². The normalized spacial score (nSPS) is 15.5. The van der Waals surface area contributed by atoms with Gasteiger partial charge in [-0.1, -0.05) is 111 Å². The summed E-state index contributed by atoms with van der Waals surface area (Å²) < 4.78 is 49.7. The molecule has 3 heterocycles. The topological polar surface area (TPSA) is 425 Å². The lowest BCUT2D eigenvalue weighted by Crippen LogP contribution is -2.55. The number of ether oxygens (including phenoxy) is 3. The van der Waals surface area contributed by atoms with E-state index in [1.807, 2.05) is 69.6 Å². The maximum atomic E-state index is 14.2. The third-order valence-corrected chi connectivity index (χ3v) is 22.2. The fourth-order valence-electron chi connectivity index (χ4n) is 14.1. The average molecular weight is 1590 g/mol. The van der Waals surface area contributed by atoms with Crippen LogP contribution in [0.3, 0.4) is 0 Å². The monoisotopic (exact) mass is 1590 g/mol. The Bertz CT molecular complexity index is 4460. The number of urea groups is 1. The number of amides is 6. The van der Waals surface area contributed by atoms with Gasteiger partial charge < -0.3 is 80.8 Å². The number of likely N-dealkylation sites (N-methyl/N-ethyl adjacent to an activating group) is 2. The lowest BCUT2D eigenvalue weighted by molar-refractivity contribution is -0.131. The molecule has 0 unspecified atom stereocenters. The predicted octanol–water partition coefficient (Wildman–Crippen LogP) is -0.00480. The molecular weight excluding hydrogens is 1480 g/mol. The molecule has 1 aliphatic rings. The van der Waals surface area contributed by atoms with Crippen LogP contribution in [0.2, 0.25) is 0 Å². The molecule has 1 fully saturated rings. The van der Waals surface area contributed by atoms with E-state index in [1.165, 1.54) is 62.6 Å². The zero-order valence-electron chi connectivity index (χ0n) is 66.5. The van der Waals surface area contributed by atoms with Gasteiger partial charge in [0.15, 0.2) is 23.8 Å². The summed E-state index contributed by atoms with van der Waals surface area (Å²) in [5.41, 5.74) is 7.15. The smallest absolute Gasteiger partial charge is 0.410 e. The summed E-state index contributed by atoms with van der Waals surface area (Å²) >= 11 is 0. The van der Waals surface area contributed by atoms with Crippen LogP contribution in [0.4, 0.5) is 15.3 Å². The number of aliphatic hydroxyl groups excluding tert-OH is 1. The first-order valence-electron chi connectivity index (χ1n) is 37.4. The summed E-state index contributed by atoms with van der Waals surface area (Å²) in [7, 11) is 1.55. The number of nitrogens with one attached hydrogen (secondary N) is 6. The number of carbonyl (C=O) groups is 5. The van der Waals surface area contributed by atoms with Crippen molar-refractivity contribution in [1.29, 1.82) is 0 Å². The Kier molecular flexibility index (Phi) is 36.8. The summed E-state index contributed by atoms with van der Waals surface area (Å²) in [5.74, 6) is 8.66. The molecular formula is C80H107N13O19S. The third kappa shape index (κ3) is 25.3. The highest BCUT2D eigenvalue weighted by Gasteiger charge is 2.43. The highest BCUT2D eigenvalue weighted by atomic mass is 32.2. The number of nitrogens with two attached hydrogens (primary N) is 1. The summed E-state index contributed by atoms with van der Waals surface area (Å²) in [4.78, 5) is 172. The first-order valence-corrected chi connectivity index (χ1v) is 39.0. The van der Waals surface area contributed by atoms with Crippen molar-refractivity contribution in [3.05, 3.63) is 134 Å². The maximum Gasteiger partial charge on any atom is 0.410 e. The number of primary amides is 1. The minimum atomic E-state index is -4.67. The van der Waals surface area contributed by atoms with Gasteiger partial charge >= 0.3 is 12.1 Å². The number of hydrogen-bond acceptors (Lipinski definition) is 23. The standard InChI is InChI=1S/C80H107N13O19S/c1-15-53(8)74(69(110-13)39-63(44-98)93-34-20-24-67(93)76(111-14)54(9)65(45-99)83-55(10)75(103)57-21-17-16-18-22-57)88(11)68(47-101)71(50(2)3)85-66(46-100)73(52(6)7)89(12)80(107)112-48-56-25-27-58(28-26-56)84-77(104)64(23-19-33-82-79(81)106)86-78(105)72(51(4)5)87-70(102)49-113(108,109)90(35-37-91-59(40-94)29-30-60(91)41-95)36-38-92-61(42-96)31-32-62(92)43-97/h16-18,21-22,25-32,50-55,64,67,69,71-76,83,85,103H,15,19-20,23-24,33-39,48-49H2,1-14H3,(H,84,104)(H,86,105)(H,87,102)(H3,81,82,106)/t53-,54+,55+,64-,67-,69+,71-,72-,73-,74-,75+,76+/m0/s1. The summed E-state index contributed by atoms with van der Waals surface area (Å²) in [6.07, 6.45) is -1.18. The van der Waals surface area contributed by atoms with Crippen molar-refractivity contribution >= 4 is 93.1 Å². The van der Waals surface area contributed by atoms with E-state index in [9.17, 15) is 75.9 Å². The number of likely N-dealkylation sites (tertiary alicyclic amines) is 1. The minimum Gasteiger partial charge on any atom is -0.445 e. The molecule has 12 atom stereocenters. The fourth-order valence-corrected chi connectivity index (χ4v) is 15.5. The number of hydrogen-bond donors (Lipinski definition) is 8. The van der Waals surface area contributed by atoms with Crippen molar-refractivity contribution in [2.45, 2.75) is 188 Å². The van der Waals surface area contributed by atoms with Crippen LogP contribution in [0.5, 0.6) is 0 Å². The van der Waals surface area contributed by atoms with Crippen molar-refractivity contribution in [1.82, 2.24) is 54.7 Å². The maximum absolute atomic E-state index is 14.2. The Morgan fingerprint density at radius 3 is 1.71 bits per heavy atom. The van der Waals surface area contributed by atoms with E-state index in [2.05, 4.69) is 43.8 Å². The molecule has 0 saturated carbocycles.